The maximum Gasteiger partial charge on any atom is 0.119 e. The Morgan fingerprint density at radius 1 is 0.909 bits per heavy atom. The quantitative estimate of drug-likeness (QED) is 0.638. The number of hydrogen-bond donors (Lipinski definition) is 0. The largest absolute Gasteiger partial charge is 0.494 e. The molecule has 0 aliphatic carbocycles. The van der Waals surface area contributed by atoms with Crippen molar-refractivity contribution in [3.63, 3.8) is 0 Å². The summed E-state index contributed by atoms with van der Waals surface area (Å²) >= 11 is 6.24. The maximum atomic E-state index is 6.24. The van der Waals surface area contributed by atoms with Crippen LogP contribution in [-0.2, 0) is 5.41 Å². The Morgan fingerprint density at radius 3 is 1.82 bits per heavy atom. The zero-order chi connectivity index (χ0) is 16.2. The molecule has 22 heavy (non-hydrogen) atoms. The van der Waals surface area contributed by atoms with E-state index in [0.29, 0.717) is 12.5 Å². The molecule has 0 N–H and O–H groups in total. The van der Waals surface area contributed by atoms with E-state index in [-0.39, 0.29) is 11.3 Å². The third-order valence-electron chi connectivity index (χ3n) is 3.93. The molecule has 1 unspecified atom stereocenters. The Balaban J connectivity index is 2.24. The predicted octanol–water partition coefficient (Wildman–Crippen LogP) is 5.75. The molecule has 0 aliphatic heterocycles. The van der Waals surface area contributed by atoms with Crippen molar-refractivity contribution in [1.29, 1.82) is 0 Å². The van der Waals surface area contributed by atoms with Crippen molar-refractivity contribution in [1.82, 2.24) is 0 Å². The van der Waals surface area contributed by atoms with Gasteiger partial charge in [-0.05, 0) is 41.2 Å². The van der Waals surface area contributed by atoms with Gasteiger partial charge in [-0.15, -0.1) is 11.6 Å². The smallest absolute Gasteiger partial charge is 0.119 e. The van der Waals surface area contributed by atoms with Gasteiger partial charge in [0, 0.05) is 11.8 Å². The van der Waals surface area contributed by atoms with Crippen molar-refractivity contribution in [3.8, 4) is 5.75 Å². The fourth-order valence-electron chi connectivity index (χ4n) is 2.55. The summed E-state index contributed by atoms with van der Waals surface area (Å²) in [6.07, 6.45) is 0. The molecule has 2 aromatic carbocycles. The summed E-state index contributed by atoms with van der Waals surface area (Å²) in [6.45, 7) is 9.37. The van der Waals surface area contributed by atoms with E-state index in [0.717, 1.165) is 5.75 Å². The summed E-state index contributed by atoms with van der Waals surface area (Å²) in [7, 11) is 0. The Hall–Kier alpha value is -1.47. The van der Waals surface area contributed by atoms with E-state index in [2.05, 4.69) is 57.2 Å². The second kappa shape index (κ2) is 7.19. The van der Waals surface area contributed by atoms with Crippen LogP contribution >= 0.6 is 11.6 Å². The van der Waals surface area contributed by atoms with Gasteiger partial charge in [0.2, 0.25) is 0 Å². The summed E-state index contributed by atoms with van der Waals surface area (Å²) in [5.74, 6) is 1.69. The SMILES string of the molecule is CCOc1ccc(C(CCl)c2ccc(C(C)(C)C)cc2)cc1. The second-order valence-electron chi connectivity index (χ2n) is 6.58. The Kier molecular flexibility index (Phi) is 5.52. The zero-order valence-corrected chi connectivity index (χ0v) is 14.7. The van der Waals surface area contributed by atoms with E-state index in [4.69, 9.17) is 16.3 Å². The van der Waals surface area contributed by atoms with Crippen LogP contribution in [0.4, 0.5) is 0 Å². The Bertz CT molecular complexity index is 579. The van der Waals surface area contributed by atoms with Crippen LogP contribution in [-0.4, -0.2) is 12.5 Å². The van der Waals surface area contributed by atoms with Crippen LogP contribution in [0.3, 0.4) is 0 Å². The monoisotopic (exact) mass is 316 g/mol. The molecule has 0 aliphatic rings. The first-order valence-electron chi connectivity index (χ1n) is 7.85. The van der Waals surface area contributed by atoms with Gasteiger partial charge >= 0.3 is 0 Å². The average Bonchev–Trinajstić information content (AvgIpc) is 2.50. The highest BCUT2D eigenvalue weighted by Crippen LogP contribution is 2.30. The molecule has 118 valence electrons. The Morgan fingerprint density at radius 2 is 1.41 bits per heavy atom. The molecular formula is C20H25ClO. The lowest BCUT2D eigenvalue weighted by atomic mass is 9.85. The minimum Gasteiger partial charge on any atom is -0.494 e. The van der Waals surface area contributed by atoms with Gasteiger partial charge in [-0.1, -0.05) is 57.2 Å². The first-order chi connectivity index (χ1) is 10.5. The number of alkyl halides is 1. The highest BCUT2D eigenvalue weighted by atomic mass is 35.5. The molecule has 0 aromatic heterocycles. The van der Waals surface area contributed by atoms with Crippen LogP contribution in [0.2, 0.25) is 0 Å². The summed E-state index contributed by atoms with van der Waals surface area (Å²) in [5.41, 5.74) is 4.00. The highest BCUT2D eigenvalue weighted by molar-refractivity contribution is 6.18. The number of benzene rings is 2. The van der Waals surface area contributed by atoms with Crippen molar-refractivity contribution >= 4 is 11.6 Å². The molecule has 1 atom stereocenters. The summed E-state index contributed by atoms with van der Waals surface area (Å²) in [5, 5.41) is 0. The lowest BCUT2D eigenvalue weighted by molar-refractivity contribution is 0.340. The lowest BCUT2D eigenvalue weighted by Gasteiger charge is -2.21. The van der Waals surface area contributed by atoms with E-state index >= 15 is 0 Å². The van der Waals surface area contributed by atoms with Gasteiger partial charge in [0.1, 0.15) is 5.75 Å². The van der Waals surface area contributed by atoms with E-state index in [9.17, 15) is 0 Å². The third-order valence-corrected chi connectivity index (χ3v) is 4.24. The third kappa shape index (κ3) is 4.04. The van der Waals surface area contributed by atoms with Crippen LogP contribution in [0, 0.1) is 0 Å². The Labute approximate surface area is 139 Å². The van der Waals surface area contributed by atoms with Gasteiger partial charge in [0.25, 0.3) is 0 Å². The first-order valence-corrected chi connectivity index (χ1v) is 8.38. The lowest BCUT2D eigenvalue weighted by Crippen LogP contribution is -2.11. The van der Waals surface area contributed by atoms with E-state index < -0.39 is 0 Å². The van der Waals surface area contributed by atoms with Gasteiger partial charge in [-0.3, -0.25) is 0 Å². The van der Waals surface area contributed by atoms with Crippen LogP contribution in [0.1, 0.15) is 50.3 Å². The fourth-order valence-corrected chi connectivity index (χ4v) is 2.91. The van der Waals surface area contributed by atoms with Crippen molar-refractivity contribution in [2.24, 2.45) is 0 Å². The molecule has 0 spiro atoms. The van der Waals surface area contributed by atoms with Gasteiger partial charge < -0.3 is 4.74 Å². The summed E-state index contributed by atoms with van der Waals surface area (Å²) in [4.78, 5) is 0. The van der Waals surface area contributed by atoms with Crippen molar-refractivity contribution in [2.75, 3.05) is 12.5 Å². The molecule has 2 aromatic rings. The fraction of sp³-hybridized carbons (Fsp3) is 0.400. The standard InChI is InChI=1S/C20H25ClO/c1-5-22-18-12-8-16(9-13-18)19(14-21)15-6-10-17(11-7-15)20(2,3)4/h6-13,19H,5,14H2,1-4H3. The van der Waals surface area contributed by atoms with Crippen molar-refractivity contribution < 1.29 is 4.74 Å². The molecule has 0 radical (unpaired) electrons. The number of halogens is 1. The molecule has 2 heteroatoms. The first kappa shape index (κ1) is 16.9. The minimum absolute atomic E-state index is 0.175. The second-order valence-corrected chi connectivity index (χ2v) is 6.89. The van der Waals surface area contributed by atoms with E-state index in [1.165, 1.54) is 16.7 Å². The molecule has 1 nitrogen and oxygen atoms in total. The topological polar surface area (TPSA) is 9.23 Å². The van der Waals surface area contributed by atoms with Gasteiger partial charge in [0.15, 0.2) is 0 Å². The van der Waals surface area contributed by atoms with E-state index in [1.807, 2.05) is 19.1 Å². The molecule has 0 saturated carbocycles. The highest BCUT2D eigenvalue weighted by Gasteiger charge is 2.16. The average molecular weight is 317 g/mol. The van der Waals surface area contributed by atoms with Crippen LogP contribution < -0.4 is 4.74 Å². The normalized spacial score (nSPS) is 13.0. The summed E-state index contributed by atoms with van der Waals surface area (Å²) < 4.78 is 5.50. The number of rotatable bonds is 5. The van der Waals surface area contributed by atoms with Crippen LogP contribution in [0.5, 0.6) is 5.75 Å². The van der Waals surface area contributed by atoms with Gasteiger partial charge in [0.05, 0.1) is 6.61 Å². The predicted molar refractivity (Wildman–Crippen MR) is 95.3 cm³/mol. The van der Waals surface area contributed by atoms with Crippen LogP contribution in [0.15, 0.2) is 48.5 Å². The zero-order valence-electron chi connectivity index (χ0n) is 13.9. The molecule has 0 bridgehead atoms. The molecule has 2 rings (SSSR count). The molecule has 0 amide bonds. The molecule has 0 fully saturated rings. The van der Waals surface area contributed by atoms with E-state index in [1.54, 1.807) is 0 Å². The number of ether oxygens (including phenoxy) is 1. The van der Waals surface area contributed by atoms with Crippen molar-refractivity contribution in [3.05, 3.63) is 65.2 Å². The minimum atomic E-state index is 0.175. The molecule has 0 saturated heterocycles. The van der Waals surface area contributed by atoms with Crippen LogP contribution in [0.25, 0.3) is 0 Å². The maximum absolute atomic E-state index is 6.24. The van der Waals surface area contributed by atoms with Gasteiger partial charge in [-0.2, -0.15) is 0 Å². The number of hydrogen-bond acceptors (Lipinski definition) is 1. The summed E-state index contributed by atoms with van der Waals surface area (Å²) in [6, 6.07) is 17.1. The van der Waals surface area contributed by atoms with Crippen molar-refractivity contribution in [2.45, 2.75) is 39.0 Å². The van der Waals surface area contributed by atoms with Gasteiger partial charge in [-0.25, -0.2) is 0 Å². The molecular weight excluding hydrogens is 292 g/mol. The molecule has 0 heterocycles.